The first-order chi connectivity index (χ1) is 13.6. The molecule has 0 saturated carbocycles. The molecule has 0 unspecified atom stereocenters. The van der Waals surface area contributed by atoms with Crippen LogP contribution in [0.2, 0.25) is 0 Å². The van der Waals surface area contributed by atoms with Crippen LogP contribution in [0, 0.1) is 6.92 Å². The predicted octanol–water partition coefficient (Wildman–Crippen LogP) is 4.93. The second-order valence-corrected chi connectivity index (χ2v) is 6.69. The second kappa shape index (κ2) is 7.56. The standard InChI is InChI=1S/C23H19NO4/c1-15-2-4-16(5-3-15)20-11-8-19(27-20)9-12-22(25)24-18-7-10-21-17(14-18)6-13-23(26)28-21/h2-8,10-11,13-14H,9,12H2,1H3,(H,24,25). The Labute approximate surface area is 161 Å². The molecule has 0 saturated heterocycles. The Kier molecular flexibility index (Phi) is 4.81. The van der Waals surface area contributed by atoms with E-state index in [4.69, 9.17) is 8.83 Å². The normalized spacial score (nSPS) is 10.9. The summed E-state index contributed by atoms with van der Waals surface area (Å²) in [5.74, 6) is 1.46. The molecule has 0 bridgehead atoms. The van der Waals surface area contributed by atoms with Gasteiger partial charge in [0.05, 0.1) is 0 Å². The molecule has 0 fully saturated rings. The van der Waals surface area contributed by atoms with E-state index in [0.717, 1.165) is 22.5 Å². The molecule has 1 amide bonds. The molecule has 0 aliphatic rings. The number of carbonyl (C=O) groups is 1. The van der Waals surface area contributed by atoms with Crippen molar-refractivity contribution in [2.75, 3.05) is 5.32 Å². The molecule has 1 N–H and O–H groups in total. The Balaban J connectivity index is 1.37. The van der Waals surface area contributed by atoms with Crippen LogP contribution in [0.4, 0.5) is 5.69 Å². The van der Waals surface area contributed by atoms with Gasteiger partial charge < -0.3 is 14.2 Å². The first kappa shape index (κ1) is 17.8. The summed E-state index contributed by atoms with van der Waals surface area (Å²) in [4.78, 5) is 23.5. The number of benzene rings is 2. The van der Waals surface area contributed by atoms with Gasteiger partial charge >= 0.3 is 5.63 Å². The predicted molar refractivity (Wildman–Crippen MR) is 108 cm³/mol. The Morgan fingerprint density at radius 1 is 0.929 bits per heavy atom. The second-order valence-electron chi connectivity index (χ2n) is 6.69. The van der Waals surface area contributed by atoms with E-state index in [1.807, 2.05) is 43.3 Å². The van der Waals surface area contributed by atoms with Gasteiger partial charge in [-0.1, -0.05) is 29.8 Å². The fourth-order valence-corrected chi connectivity index (χ4v) is 3.00. The Bertz CT molecular complexity index is 1190. The van der Waals surface area contributed by atoms with Gasteiger partial charge in [0.15, 0.2) is 0 Å². The van der Waals surface area contributed by atoms with Crippen LogP contribution in [-0.4, -0.2) is 5.91 Å². The van der Waals surface area contributed by atoms with Gasteiger partial charge in [0.25, 0.3) is 0 Å². The lowest BCUT2D eigenvalue weighted by Gasteiger charge is -2.05. The summed E-state index contributed by atoms with van der Waals surface area (Å²) < 4.78 is 10.9. The van der Waals surface area contributed by atoms with Gasteiger partial charge in [0.1, 0.15) is 17.1 Å². The summed E-state index contributed by atoms with van der Waals surface area (Å²) >= 11 is 0. The van der Waals surface area contributed by atoms with Crippen LogP contribution in [0.25, 0.3) is 22.3 Å². The van der Waals surface area contributed by atoms with Crippen molar-refractivity contribution < 1.29 is 13.6 Å². The third-order valence-corrected chi connectivity index (χ3v) is 4.50. The van der Waals surface area contributed by atoms with Gasteiger partial charge in [-0.2, -0.15) is 0 Å². The summed E-state index contributed by atoms with van der Waals surface area (Å²) in [5, 5.41) is 3.62. The third-order valence-electron chi connectivity index (χ3n) is 4.50. The van der Waals surface area contributed by atoms with Crippen molar-refractivity contribution in [1.82, 2.24) is 0 Å². The molecule has 2 aromatic heterocycles. The number of fused-ring (bicyclic) bond motifs is 1. The monoisotopic (exact) mass is 373 g/mol. The van der Waals surface area contributed by atoms with E-state index in [2.05, 4.69) is 5.32 Å². The van der Waals surface area contributed by atoms with Crippen LogP contribution >= 0.6 is 0 Å². The van der Waals surface area contributed by atoms with Crippen LogP contribution in [0.15, 0.2) is 80.4 Å². The number of anilines is 1. The van der Waals surface area contributed by atoms with Gasteiger partial charge in [0.2, 0.25) is 5.91 Å². The number of aryl methyl sites for hydroxylation is 2. The Morgan fingerprint density at radius 3 is 2.57 bits per heavy atom. The highest BCUT2D eigenvalue weighted by Gasteiger charge is 2.09. The number of hydrogen-bond donors (Lipinski definition) is 1. The third kappa shape index (κ3) is 4.04. The van der Waals surface area contributed by atoms with Crippen molar-refractivity contribution >= 4 is 22.6 Å². The van der Waals surface area contributed by atoms with E-state index in [1.54, 1.807) is 24.3 Å². The number of rotatable bonds is 5. The maximum Gasteiger partial charge on any atom is 0.336 e. The van der Waals surface area contributed by atoms with Crippen molar-refractivity contribution in [1.29, 1.82) is 0 Å². The molecule has 0 radical (unpaired) electrons. The van der Waals surface area contributed by atoms with E-state index in [1.165, 1.54) is 11.6 Å². The van der Waals surface area contributed by atoms with Crippen LogP contribution in [0.5, 0.6) is 0 Å². The Hall–Kier alpha value is -3.60. The quantitative estimate of drug-likeness (QED) is 0.503. The van der Waals surface area contributed by atoms with E-state index in [-0.39, 0.29) is 5.91 Å². The molecule has 0 spiro atoms. The lowest BCUT2D eigenvalue weighted by Crippen LogP contribution is -2.12. The summed E-state index contributed by atoms with van der Waals surface area (Å²) in [6.45, 7) is 2.04. The molecule has 28 heavy (non-hydrogen) atoms. The van der Waals surface area contributed by atoms with Gasteiger partial charge in [-0.15, -0.1) is 0 Å². The highest BCUT2D eigenvalue weighted by atomic mass is 16.4. The SMILES string of the molecule is Cc1ccc(-c2ccc(CCC(=O)Nc3ccc4oc(=O)ccc4c3)o2)cc1. The molecule has 2 aromatic carbocycles. The zero-order valence-electron chi connectivity index (χ0n) is 15.4. The highest BCUT2D eigenvalue weighted by Crippen LogP contribution is 2.23. The average molecular weight is 373 g/mol. The summed E-state index contributed by atoms with van der Waals surface area (Å²) in [5.41, 5.74) is 2.97. The van der Waals surface area contributed by atoms with Gasteiger partial charge in [0, 0.05) is 35.5 Å². The minimum atomic E-state index is -0.396. The maximum atomic E-state index is 12.3. The number of carbonyl (C=O) groups excluding carboxylic acids is 1. The zero-order chi connectivity index (χ0) is 19.5. The lowest BCUT2D eigenvalue weighted by atomic mass is 10.1. The molecule has 140 valence electrons. The fraction of sp³-hybridized carbons (Fsp3) is 0.130. The summed E-state index contributed by atoms with van der Waals surface area (Å²) in [7, 11) is 0. The lowest BCUT2D eigenvalue weighted by molar-refractivity contribution is -0.116. The summed E-state index contributed by atoms with van der Waals surface area (Å²) in [6, 6.07) is 20.1. The zero-order valence-corrected chi connectivity index (χ0v) is 15.4. The van der Waals surface area contributed by atoms with Gasteiger partial charge in [-0.3, -0.25) is 4.79 Å². The molecule has 4 rings (SSSR count). The molecule has 0 aliphatic carbocycles. The van der Waals surface area contributed by atoms with Gasteiger partial charge in [-0.05, 0) is 43.3 Å². The molecular formula is C23H19NO4. The molecule has 2 heterocycles. The van der Waals surface area contributed by atoms with Crippen molar-refractivity contribution in [3.05, 3.63) is 88.5 Å². The summed E-state index contributed by atoms with van der Waals surface area (Å²) in [6.07, 6.45) is 0.822. The number of nitrogens with one attached hydrogen (secondary N) is 1. The molecular weight excluding hydrogens is 354 g/mol. The smallest absolute Gasteiger partial charge is 0.336 e. The van der Waals surface area contributed by atoms with Crippen molar-refractivity contribution in [2.45, 2.75) is 19.8 Å². The van der Waals surface area contributed by atoms with Crippen LogP contribution in [0.1, 0.15) is 17.7 Å². The molecule has 4 aromatic rings. The van der Waals surface area contributed by atoms with E-state index in [9.17, 15) is 9.59 Å². The van der Waals surface area contributed by atoms with E-state index in [0.29, 0.717) is 24.1 Å². The Morgan fingerprint density at radius 2 is 1.75 bits per heavy atom. The maximum absolute atomic E-state index is 12.3. The van der Waals surface area contributed by atoms with Crippen molar-refractivity contribution in [3.8, 4) is 11.3 Å². The fourth-order valence-electron chi connectivity index (χ4n) is 3.00. The average Bonchev–Trinajstić information content (AvgIpc) is 3.16. The van der Waals surface area contributed by atoms with Crippen molar-refractivity contribution in [3.63, 3.8) is 0 Å². The largest absolute Gasteiger partial charge is 0.461 e. The van der Waals surface area contributed by atoms with Crippen LogP contribution in [0.3, 0.4) is 0 Å². The highest BCUT2D eigenvalue weighted by molar-refractivity contribution is 5.93. The molecule has 5 nitrogen and oxygen atoms in total. The van der Waals surface area contributed by atoms with E-state index < -0.39 is 5.63 Å². The van der Waals surface area contributed by atoms with Crippen LogP contribution in [-0.2, 0) is 11.2 Å². The minimum Gasteiger partial charge on any atom is -0.461 e. The topological polar surface area (TPSA) is 72.5 Å². The minimum absolute atomic E-state index is 0.106. The molecule has 5 heteroatoms. The number of furan rings is 1. The first-order valence-corrected chi connectivity index (χ1v) is 9.06. The van der Waals surface area contributed by atoms with E-state index >= 15 is 0 Å². The molecule has 0 atom stereocenters. The first-order valence-electron chi connectivity index (χ1n) is 9.06. The number of amides is 1. The van der Waals surface area contributed by atoms with Crippen LogP contribution < -0.4 is 10.9 Å². The van der Waals surface area contributed by atoms with Gasteiger partial charge in [-0.25, -0.2) is 4.79 Å². The number of hydrogen-bond acceptors (Lipinski definition) is 4. The molecule has 0 aliphatic heterocycles. The van der Waals surface area contributed by atoms with Crippen molar-refractivity contribution in [2.24, 2.45) is 0 Å².